The molecule has 5 heteroatoms. The molecule has 2 N–H and O–H groups in total. The highest BCUT2D eigenvalue weighted by Crippen LogP contribution is 2.42. The highest BCUT2D eigenvalue weighted by Gasteiger charge is 2.36. The highest BCUT2D eigenvalue weighted by molar-refractivity contribution is 8.00. The molecule has 0 bridgehead atoms. The third-order valence-corrected chi connectivity index (χ3v) is 4.96. The Bertz CT molecular complexity index is 453. The topological polar surface area (TPSA) is 62.2 Å². The van der Waals surface area contributed by atoms with Crippen molar-refractivity contribution in [2.45, 2.75) is 30.9 Å². The maximum absolute atomic E-state index is 11.1. The Labute approximate surface area is 111 Å². The summed E-state index contributed by atoms with van der Waals surface area (Å²) in [5.41, 5.74) is 1.07. The number of carbonyl (C=O) groups is 1. The van der Waals surface area contributed by atoms with Crippen molar-refractivity contribution in [1.82, 2.24) is 4.98 Å². The number of nitrogens with zero attached hydrogens (tertiary/aromatic N) is 1. The minimum absolute atomic E-state index is 0.246. The van der Waals surface area contributed by atoms with Crippen molar-refractivity contribution in [2.24, 2.45) is 0 Å². The molecule has 1 aliphatic rings. The van der Waals surface area contributed by atoms with Crippen molar-refractivity contribution in [2.75, 3.05) is 18.1 Å². The van der Waals surface area contributed by atoms with Crippen LogP contribution in [0.15, 0.2) is 12.1 Å². The Balaban J connectivity index is 2.12. The molecule has 98 valence electrons. The lowest BCUT2D eigenvalue weighted by Crippen LogP contribution is -2.40. The molecule has 1 aliphatic carbocycles. The van der Waals surface area contributed by atoms with Crippen LogP contribution in [-0.2, 0) is 0 Å². The van der Waals surface area contributed by atoms with Crippen LogP contribution >= 0.6 is 11.8 Å². The summed E-state index contributed by atoms with van der Waals surface area (Å²) in [7, 11) is 0. The fraction of sp³-hybridized carbons (Fsp3) is 0.538. The van der Waals surface area contributed by atoms with E-state index in [1.165, 1.54) is 19.3 Å². The predicted octanol–water partition coefficient (Wildman–Crippen LogP) is 2.79. The molecule has 0 aromatic carbocycles. The lowest BCUT2D eigenvalue weighted by atomic mass is 9.84. The van der Waals surface area contributed by atoms with Gasteiger partial charge in [-0.3, -0.25) is 0 Å². The molecule has 0 radical (unpaired) electrons. The SMILES string of the molecule is CSC1(CNc2nc(C)ccc2C(=O)O)CCC1. The van der Waals surface area contributed by atoms with Gasteiger partial charge in [-0.1, -0.05) is 6.42 Å². The third kappa shape index (κ3) is 2.61. The first-order valence-electron chi connectivity index (χ1n) is 6.06. The van der Waals surface area contributed by atoms with Gasteiger partial charge in [0.05, 0.1) is 0 Å². The lowest BCUT2D eigenvalue weighted by Gasteiger charge is -2.40. The molecule has 0 unspecified atom stereocenters. The van der Waals surface area contributed by atoms with Gasteiger partial charge in [-0.2, -0.15) is 11.8 Å². The van der Waals surface area contributed by atoms with Gasteiger partial charge in [-0.05, 0) is 38.2 Å². The lowest BCUT2D eigenvalue weighted by molar-refractivity contribution is 0.0697. The van der Waals surface area contributed by atoms with E-state index < -0.39 is 5.97 Å². The van der Waals surface area contributed by atoms with Crippen molar-refractivity contribution in [3.05, 3.63) is 23.4 Å². The maximum atomic E-state index is 11.1. The summed E-state index contributed by atoms with van der Waals surface area (Å²) in [6, 6.07) is 3.34. The molecule has 0 spiro atoms. The smallest absolute Gasteiger partial charge is 0.339 e. The Morgan fingerprint density at radius 2 is 2.28 bits per heavy atom. The van der Waals surface area contributed by atoms with Gasteiger partial charge in [0.25, 0.3) is 0 Å². The predicted molar refractivity (Wildman–Crippen MR) is 74.5 cm³/mol. The van der Waals surface area contributed by atoms with Crippen LogP contribution in [0, 0.1) is 6.92 Å². The van der Waals surface area contributed by atoms with E-state index in [1.807, 2.05) is 18.7 Å². The molecular formula is C13H18N2O2S. The van der Waals surface area contributed by atoms with E-state index in [0.717, 1.165) is 12.2 Å². The van der Waals surface area contributed by atoms with Gasteiger partial charge in [0.2, 0.25) is 0 Å². The molecule has 0 saturated heterocycles. The normalized spacial score (nSPS) is 17.0. The largest absolute Gasteiger partial charge is 0.478 e. The minimum atomic E-state index is -0.934. The second-order valence-electron chi connectivity index (χ2n) is 4.75. The van der Waals surface area contributed by atoms with Crippen LogP contribution in [0.2, 0.25) is 0 Å². The number of aromatic carboxylic acids is 1. The van der Waals surface area contributed by atoms with Crippen LogP contribution in [0.1, 0.15) is 35.3 Å². The second-order valence-corrected chi connectivity index (χ2v) is 6.02. The number of anilines is 1. The number of thioether (sulfide) groups is 1. The molecular weight excluding hydrogens is 248 g/mol. The first-order chi connectivity index (χ1) is 8.56. The summed E-state index contributed by atoms with van der Waals surface area (Å²) in [5, 5.41) is 12.3. The van der Waals surface area contributed by atoms with Gasteiger partial charge >= 0.3 is 5.97 Å². The molecule has 1 aromatic rings. The van der Waals surface area contributed by atoms with Crippen LogP contribution in [0.5, 0.6) is 0 Å². The highest BCUT2D eigenvalue weighted by atomic mass is 32.2. The summed E-state index contributed by atoms with van der Waals surface area (Å²) < 4.78 is 0.265. The molecule has 1 saturated carbocycles. The number of aryl methyl sites for hydroxylation is 1. The van der Waals surface area contributed by atoms with E-state index in [1.54, 1.807) is 12.1 Å². The average Bonchev–Trinajstić information content (AvgIpc) is 2.28. The zero-order valence-electron chi connectivity index (χ0n) is 10.7. The number of pyridine rings is 1. The fourth-order valence-corrected chi connectivity index (χ4v) is 3.05. The second kappa shape index (κ2) is 5.18. The van der Waals surface area contributed by atoms with Crippen LogP contribution in [0.3, 0.4) is 0 Å². The van der Waals surface area contributed by atoms with Crippen LogP contribution in [0.25, 0.3) is 0 Å². The Kier molecular flexibility index (Phi) is 3.80. The van der Waals surface area contributed by atoms with Gasteiger partial charge < -0.3 is 10.4 Å². The number of hydrogen-bond acceptors (Lipinski definition) is 4. The summed E-state index contributed by atoms with van der Waals surface area (Å²) in [6.45, 7) is 2.65. The van der Waals surface area contributed by atoms with Crippen molar-refractivity contribution in [3.63, 3.8) is 0 Å². The monoisotopic (exact) mass is 266 g/mol. The number of rotatable bonds is 5. The van der Waals surface area contributed by atoms with E-state index in [2.05, 4.69) is 16.6 Å². The minimum Gasteiger partial charge on any atom is -0.478 e. The van der Waals surface area contributed by atoms with E-state index in [-0.39, 0.29) is 10.3 Å². The summed E-state index contributed by atoms with van der Waals surface area (Å²) in [6.07, 6.45) is 5.75. The van der Waals surface area contributed by atoms with E-state index in [9.17, 15) is 4.79 Å². The fourth-order valence-electron chi connectivity index (χ4n) is 2.13. The molecule has 0 atom stereocenters. The first-order valence-corrected chi connectivity index (χ1v) is 7.29. The van der Waals surface area contributed by atoms with Gasteiger partial charge in [0.1, 0.15) is 11.4 Å². The van der Waals surface area contributed by atoms with Gasteiger partial charge in [-0.15, -0.1) is 0 Å². The van der Waals surface area contributed by atoms with Gasteiger partial charge in [-0.25, -0.2) is 9.78 Å². The summed E-state index contributed by atoms with van der Waals surface area (Å²) in [4.78, 5) is 15.4. The Morgan fingerprint density at radius 1 is 1.56 bits per heavy atom. The molecule has 2 rings (SSSR count). The molecule has 1 fully saturated rings. The van der Waals surface area contributed by atoms with Gasteiger partial charge in [0, 0.05) is 17.0 Å². The van der Waals surface area contributed by atoms with E-state index >= 15 is 0 Å². The van der Waals surface area contributed by atoms with Crippen LogP contribution in [-0.4, -0.2) is 33.6 Å². The van der Waals surface area contributed by atoms with E-state index in [0.29, 0.717) is 5.82 Å². The average molecular weight is 266 g/mol. The van der Waals surface area contributed by atoms with Gasteiger partial charge in [0.15, 0.2) is 0 Å². The maximum Gasteiger partial charge on any atom is 0.339 e. The molecule has 4 nitrogen and oxygen atoms in total. The molecule has 1 aromatic heterocycles. The zero-order valence-corrected chi connectivity index (χ0v) is 11.5. The van der Waals surface area contributed by atoms with E-state index in [4.69, 9.17) is 5.11 Å². The van der Waals surface area contributed by atoms with Crippen LogP contribution < -0.4 is 5.32 Å². The standard InChI is InChI=1S/C13H18N2O2S/c1-9-4-5-10(12(16)17)11(15-9)14-8-13(18-2)6-3-7-13/h4-5H,3,6-8H2,1-2H3,(H,14,15)(H,16,17). The van der Waals surface area contributed by atoms with Crippen molar-refractivity contribution < 1.29 is 9.90 Å². The quantitative estimate of drug-likeness (QED) is 0.858. The number of nitrogens with one attached hydrogen (secondary N) is 1. The number of carboxylic acids is 1. The summed E-state index contributed by atoms with van der Waals surface area (Å²) in [5.74, 6) is -0.445. The van der Waals surface area contributed by atoms with Crippen molar-refractivity contribution in [1.29, 1.82) is 0 Å². The van der Waals surface area contributed by atoms with Crippen LogP contribution in [0.4, 0.5) is 5.82 Å². The molecule has 18 heavy (non-hydrogen) atoms. The van der Waals surface area contributed by atoms with Crippen molar-refractivity contribution in [3.8, 4) is 0 Å². The number of hydrogen-bond donors (Lipinski definition) is 2. The zero-order chi connectivity index (χ0) is 13.2. The molecule has 0 aliphatic heterocycles. The Morgan fingerprint density at radius 3 is 2.78 bits per heavy atom. The molecule has 0 amide bonds. The first kappa shape index (κ1) is 13.2. The Hall–Kier alpha value is -1.23. The third-order valence-electron chi connectivity index (χ3n) is 3.54. The summed E-state index contributed by atoms with van der Waals surface area (Å²) >= 11 is 1.86. The molecule has 1 heterocycles. The number of aromatic nitrogens is 1. The van der Waals surface area contributed by atoms with Crippen molar-refractivity contribution >= 4 is 23.5 Å². The number of carboxylic acid groups (broad SMARTS) is 1.